The summed E-state index contributed by atoms with van der Waals surface area (Å²) in [6.07, 6.45) is 19.4. The Morgan fingerprint density at radius 1 is 0.750 bits per heavy atom. The van der Waals surface area contributed by atoms with Gasteiger partial charge in [-0.15, -0.1) is 0 Å². The van der Waals surface area contributed by atoms with Crippen molar-refractivity contribution in [3.8, 4) is 0 Å². The summed E-state index contributed by atoms with van der Waals surface area (Å²) < 4.78 is 0. The fraction of sp³-hybridized carbons (Fsp3) is 0.950. The smallest absolute Gasteiger partial charge is 0.219 e. The van der Waals surface area contributed by atoms with Gasteiger partial charge in [0.15, 0.2) is 0 Å². The number of quaternary nitrogens is 1. The number of hydrogen-bond donors (Lipinski definition) is 2. The highest BCUT2D eigenvalue weighted by molar-refractivity contribution is 5.75. The second-order valence-electron chi connectivity index (χ2n) is 6.89. The van der Waals surface area contributed by atoms with Crippen molar-refractivity contribution in [2.24, 2.45) is 0 Å². The van der Waals surface area contributed by atoms with Crippen molar-refractivity contribution in [1.29, 1.82) is 0 Å². The molecule has 0 radical (unpaired) electrons. The van der Waals surface area contributed by atoms with Crippen LogP contribution in [0.5, 0.6) is 0 Å². The van der Waals surface area contributed by atoms with Gasteiger partial charge in [0.1, 0.15) is 0 Å². The summed E-state index contributed by atoms with van der Waals surface area (Å²) in [5.41, 5.74) is 0. The first-order valence-electron chi connectivity index (χ1n) is 10.4. The zero-order valence-corrected chi connectivity index (χ0v) is 17.1. The number of nitrogens with two attached hydrogens (primary N) is 1. The first-order chi connectivity index (χ1) is 11.3. The van der Waals surface area contributed by atoms with E-state index in [1.54, 1.807) is 0 Å². The minimum atomic E-state index is 0. The number of amides is 1. The van der Waals surface area contributed by atoms with Crippen molar-refractivity contribution in [1.82, 2.24) is 5.32 Å². The number of nitrogens with one attached hydrogen (secondary N) is 1. The van der Waals surface area contributed by atoms with Crippen molar-refractivity contribution in [3.05, 3.63) is 0 Å². The molecular formula is C20H43ClN2O. The Morgan fingerprint density at radius 2 is 1.21 bits per heavy atom. The van der Waals surface area contributed by atoms with Gasteiger partial charge in [-0.25, -0.2) is 0 Å². The third-order valence-electron chi connectivity index (χ3n) is 4.50. The predicted molar refractivity (Wildman–Crippen MR) is 101 cm³/mol. The maximum absolute atomic E-state index is 11.6. The Morgan fingerprint density at radius 3 is 1.67 bits per heavy atom. The number of unbranched alkanes of at least 4 members (excludes halogenated alkanes) is 12. The Balaban J connectivity index is 0. The van der Waals surface area contributed by atoms with Crippen LogP contribution in [0.2, 0.25) is 0 Å². The van der Waals surface area contributed by atoms with Crippen LogP contribution in [0.25, 0.3) is 0 Å². The molecule has 0 aliphatic rings. The van der Waals surface area contributed by atoms with E-state index in [0.717, 1.165) is 25.9 Å². The van der Waals surface area contributed by atoms with Gasteiger partial charge in [-0.05, 0) is 6.42 Å². The van der Waals surface area contributed by atoms with E-state index in [1.165, 1.54) is 77.0 Å². The SMILES string of the molecule is CCCCCCCCCCCCCCCC(=O)NCCC[NH2+]C.[Cl-]. The van der Waals surface area contributed by atoms with Crippen molar-refractivity contribution in [2.45, 2.75) is 103 Å². The lowest BCUT2D eigenvalue weighted by molar-refractivity contribution is -0.626. The molecule has 0 rings (SSSR count). The average Bonchev–Trinajstić information content (AvgIpc) is 2.56. The van der Waals surface area contributed by atoms with E-state index < -0.39 is 0 Å². The van der Waals surface area contributed by atoms with E-state index in [1.807, 2.05) is 0 Å². The van der Waals surface area contributed by atoms with Crippen molar-refractivity contribution in [2.75, 3.05) is 20.1 Å². The summed E-state index contributed by atoms with van der Waals surface area (Å²) in [7, 11) is 2.06. The molecule has 0 saturated heterocycles. The Hall–Kier alpha value is -0.280. The number of rotatable bonds is 18. The average molecular weight is 363 g/mol. The molecule has 0 aliphatic carbocycles. The van der Waals surface area contributed by atoms with Gasteiger partial charge in [-0.3, -0.25) is 4.79 Å². The maximum Gasteiger partial charge on any atom is 0.219 e. The van der Waals surface area contributed by atoms with Crippen LogP contribution in [0, 0.1) is 0 Å². The summed E-state index contributed by atoms with van der Waals surface area (Å²) in [6.45, 7) is 4.21. The van der Waals surface area contributed by atoms with Gasteiger partial charge >= 0.3 is 0 Å². The van der Waals surface area contributed by atoms with Gasteiger partial charge in [0.25, 0.3) is 0 Å². The normalized spacial score (nSPS) is 10.4. The zero-order valence-electron chi connectivity index (χ0n) is 16.4. The van der Waals surface area contributed by atoms with E-state index in [0.29, 0.717) is 6.42 Å². The molecule has 0 aromatic rings. The molecule has 0 saturated carbocycles. The highest BCUT2D eigenvalue weighted by Crippen LogP contribution is 2.12. The van der Waals surface area contributed by atoms with Gasteiger partial charge in [0.05, 0.1) is 13.6 Å². The molecule has 0 heterocycles. The third-order valence-corrected chi connectivity index (χ3v) is 4.50. The minimum absolute atomic E-state index is 0. The Kier molecular flexibility index (Phi) is 24.6. The maximum atomic E-state index is 11.6. The first-order valence-corrected chi connectivity index (χ1v) is 10.4. The summed E-state index contributed by atoms with van der Waals surface area (Å²) in [5.74, 6) is 0.240. The van der Waals surface area contributed by atoms with Crippen LogP contribution in [0.15, 0.2) is 0 Å². The van der Waals surface area contributed by atoms with Gasteiger partial charge < -0.3 is 23.0 Å². The monoisotopic (exact) mass is 362 g/mol. The molecule has 0 spiro atoms. The lowest BCUT2D eigenvalue weighted by atomic mass is 10.0. The Bertz CT molecular complexity index is 250. The molecule has 0 aromatic carbocycles. The van der Waals surface area contributed by atoms with Crippen LogP contribution in [0.1, 0.15) is 103 Å². The number of carbonyl (C=O) groups is 1. The number of carbonyl (C=O) groups excluding carboxylic acids is 1. The second-order valence-corrected chi connectivity index (χ2v) is 6.89. The fourth-order valence-corrected chi connectivity index (χ4v) is 2.93. The highest BCUT2D eigenvalue weighted by Gasteiger charge is 2.00. The minimum Gasteiger partial charge on any atom is -1.00 e. The summed E-state index contributed by atoms with van der Waals surface area (Å²) >= 11 is 0. The van der Waals surface area contributed by atoms with E-state index in [4.69, 9.17) is 0 Å². The molecule has 0 fully saturated rings. The molecule has 0 atom stereocenters. The van der Waals surface area contributed by atoms with Crippen LogP contribution >= 0.6 is 0 Å². The van der Waals surface area contributed by atoms with Crippen LogP contribution < -0.4 is 23.0 Å². The highest BCUT2D eigenvalue weighted by atomic mass is 35.5. The van der Waals surface area contributed by atoms with Gasteiger partial charge in [0, 0.05) is 19.4 Å². The molecule has 0 aromatic heterocycles. The van der Waals surface area contributed by atoms with Gasteiger partial charge in [-0.2, -0.15) is 0 Å². The number of hydrogen-bond acceptors (Lipinski definition) is 1. The largest absolute Gasteiger partial charge is 1.00 e. The number of halogens is 1. The van der Waals surface area contributed by atoms with E-state index in [9.17, 15) is 4.79 Å². The molecule has 0 unspecified atom stereocenters. The van der Waals surface area contributed by atoms with E-state index in [-0.39, 0.29) is 18.3 Å². The van der Waals surface area contributed by atoms with Crippen molar-refractivity contribution in [3.63, 3.8) is 0 Å². The quantitative estimate of drug-likeness (QED) is 0.353. The molecule has 1 amide bonds. The topological polar surface area (TPSA) is 45.7 Å². The predicted octanol–water partition coefficient (Wildman–Crippen LogP) is 1.17. The molecule has 3 nitrogen and oxygen atoms in total. The van der Waals surface area contributed by atoms with Gasteiger partial charge in [0.2, 0.25) is 5.91 Å². The molecule has 146 valence electrons. The lowest BCUT2D eigenvalue weighted by Crippen LogP contribution is -3.00. The summed E-state index contributed by atoms with van der Waals surface area (Å²) in [6, 6.07) is 0. The third kappa shape index (κ3) is 21.7. The molecule has 24 heavy (non-hydrogen) atoms. The second kappa shape index (κ2) is 22.7. The van der Waals surface area contributed by atoms with E-state index >= 15 is 0 Å². The van der Waals surface area contributed by atoms with E-state index in [2.05, 4.69) is 24.6 Å². The Labute approximate surface area is 157 Å². The molecular weight excluding hydrogens is 320 g/mol. The van der Waals surface area contributed by atoms with Crippen molar-refractivity contribution < 1.29 is 22.5 Å². The molecule has 4 heteroatoms. The molecule has 0 aliphatic heterocycles. The molecule has 0 bridgehead atoms. The standard InChI is InChI=1S/C20H42N2O.ClH/c1-3-4-5-6-7-8-9-10-11-12-13-14-15-17-20(23)22-19-16-18-21-2;/h21H,3-19H2,1-2H3,(H,22,23);1H. The van der Waals surface area contributed by atoms with Crippen LogP contribution in [-0.4, -0.2) is 26.0 Å². The summed E-state index contributed by atoms with van der Waals surface area (Å²) in [4.78, 5) is 11.6. The summed E-state index contributed by atoms with van der Waals surface area (Å²) in [5, 5.41) is 5.15. The first kappa shape index (κ1) is 26.0. The van der Waals surface area contributed by atoms with Crippen molar-refractivity contribution >= 4 is 5.91 Å². The van der Waals surface area contributed by atoms with Crippen LogP contribution in [-0.2, 0) is 4.79 Å². The molecule has 3 N–H and O–H groups in total. The lowest BCUT2D eigenvalue weighted by Gasteiger charge is -2.05. The van der Waals surface area contributed by atoms with Crippen LogP contribution in [0.4, 0.5) is 0 Å². The fourth-order valence-electron chi connectivity index (χ4n) is 2.93. The van der Waals surface area contributed by atoms with Gasteiger partial charge in [-0.1, -0.05) is 84.0 Å². The van der Waals surface area contributed by atoms with Crippen LogP contribution in [0.3, 0.4) is 0 Å². The zero-order chi connectivity index (χ0) is 17.0.